The van der Waals surface area contributed by atoms with Gasteiger partial charge in [-0.25, -0.2) is 0 Å². The largest absolute Gasteiger partial charge is 0.494 e. The Morgan fingerprint density at radius 1 is 1.23 bits per heavy atom. The topological polar surface area (TPSA) is 192 Å². The van der Waals surface area contributed by atoms with Crippen molar-refractivity contribution in [2.24, 2.45) is 5.73 Å². The number of aromatic amines is 1. The quantitative estimate of drug-likeness (QED) is 0.170. The molecule has 0 radical (unpaired) electrons. The maximum absolute atomic E-state index is 11.4. The van der Waals surface area contributed by atoms with Gasteiger partial charge in [-0.15, -0.1) is 5.10 Å². The number of carbonyl (C=O) groups excluding carboxylic acids is 1. The van der Waals surface area contributed by atoms with Crippen LogP contribution in [0.1, 0.15) is 62.4 Å². The van der Waals surface area contributed by atoms with Crippen molar-refractivity contribution in [3.05, 3.63) is 40.6 Å². The van der Waals surface area contributed by atoms with Crippen LogP contribution in [0.4, 0.5) is 0 Å². The normalized spacial score (nSPS) is 23.7. The van der Waals surface area contributed by atoms with E-state index in [1.807, 2.05) is 39.0 Å². The van der Waals surface area contributed by atoms with Gasteiger partial charge in [0, 0.05) is 17.7 Å². The zero-order chi connectivity index (χ0) is 28.9. The van der Waals surface area contributed by atoms with Crippen molar-refractivity contribution in [2.75, 3.05) is 19.8 Å². The fourth-order valence-electron chi connectivity index (χ4n) is 4.28. The summed E-state index contributed by atoms with van der Waals surface area (Å²) in [4.78, 5) is 11.4. The molecule has 2 aromatic rings. The molecule has 0 bridgehead atoms. The van der Waals surface area contributed by atoms with E-state index in [9.17, 15) is 25.2 Å². The van der Waals surface area contributed by atoms with Gasteiger partial charge in [0.15, 0.2) is 0 Å². The van der Waals surface area contributed by atoms with Crippen LogP contribution in [-0.2, 0) is 16.0 Å². The fraction of sp³-hybridized carbons (Fsp3) is 0.630. The number of hydrogen-bond acceptors (Lipinski definition) is 10. The van der Waals surface area contributed by atoms with Crippen molar-refractivity contribution in [1.82, 2.24) is 15.5 Å². The molecule has 12 nitrogen and oxygen atoms in total. The molecule has 8 N–H and O–H groups in total. The Morgan fingerprint density at radius 2 is 1.95 bits per heavy atom. The molecule has 1 saturated heterocycles. The van der Waals surface area contributed by atoms with Gasteiger partial charge in [-0.3, -0.25) is 9.89 Å². The highest BCUT2D eigenvalue weighted by atomic mass is 16.7. The van der Waals surface area contributed by atoms with Crippen LogP contribution in [0.3, 0.4) is 0 Å². The maximum atomic E-state index is 11.4. The Balaban J connectivity index is 1.68. The number of primary amides is 1. The Kier molecular flexibility index (Phi) is 10.3. The number of aromatic nitrogens is 2. The number of nitrogens with zero attached hydrogens (tertiary/aromatic N) is 1. The predicted octanol–water partition coefficient (Wildman–Crippen LogP) is 0.233. The summed E-state index contributed by atoms with van der Waals surface area (Å²) in [5, 5.41) is 50.5. The molecule has 0 saturated carbocycles. The van der Waals surface area contributed by atoms with Crippen molar-refractivity contribution in [3.63, 3.8) is 0 Å². The summed E-state index contributed by atoms with van der Waals surface area (Å²) in [6, 6.07) is 5.80. The first-order chi connectivity index (χ1) is 18.4. The number of hydrogen-bond donors (Lipinski definition) is 7. The third-order valence-electron chi connectivity index (χ3n) is 6.97. The average Bonchev–Trinajstić information content (AvgIpc) is 3.27. The minimum Gasteiger partial charge on any atom is -0.494 e. The minimum atomic E-state index is -1.55. The average molecular weight is 551 g/mol. The SMILES string of the molecule is Cc1cc(OCCCNC(C)(C)C(N)=O)ccc1Cc1c(OC2OC(CO)C(O)C(O)[C@H]2O)n[nH]c1C(C)C. The van der Waals surface area contributed by atoms with E-state index in [4.69, 9.17) is 19.9 Å². The second kappa shape index (κ2) is 13.1. The zero-order valence-corrected chi connectivity index (χ0v) is 23.2. The zero-order valence-electron chi connectivity index (χ0n) is 23.2. The monoisotopic (exact) mass is 550 g/mol. The summed E-state index contributed by atoms with van der Waals surface area (Å²) in [5.41, 5.74) is 8.22. The second-order valence-corrected chi connectivity index (χ2v) is 10.8. The molecule has 39 heavy (non-hydrogen) atoms. The number of rotatable bonds is 13. The Labute approximate surface area is 228 Å². The van der Waals surface area contributed by atoms with E-state index in [0.717, 1.165) is 28.1 Å². The lowest BCUT2D eigenvalue weighted by Gasteiger charge is -2.39. The summed E-state index contributed by atoms with van der Waals surface area (Å²) < 4.78 is 17.3. The number of aliphatic hydroxyl groups excluding tert-OH is 4. The lowest BCUT2D eigenvalue weighted by atomic mass is 9.96. The van der Waals surface area contributed by atoms with Crippen LogP contribution in [0.15, 0.2) is 18.2 Å². The third kappa shape index (κ3) is 7.47. The van der Waals surface area contributed by atoms with Crippen molar-refractivity contribution in [2.45, 2.75) is 89.6 Å². The molecule has 3 rings (SSSR count). The summed E-state index contributed by atoms with van der Waals surface area (Å²) in [5.74, 6) is 0.610. The molecule has 0 spiro atoms. The highest BCUT2D eigenvalue weighted by Crippen LogP contribution is 2.32. The molecule has 0 aliphatic carbocycles. The molecule has 1 aliphatic rings. The van der Waals surface area contributed by atoms with E-state index in [1.165, 1.54) is 0 Å². The van der Waals surface area contributed by atoms with Crippen LogP contribution in [0.2, 0.25) is 0 Å². The van der Waals surface area contributed by atoms with Gasteiger partial charge in [-0.1, -0.05) is 19.9 Å². The van der Waals surface area contributed by atoms with Gasteiger partial charge in [-0.2, -0.15) is 0 Å². The number of nitrogens with one attached hydrogen (secondary N) is 2. The summed E-state index contributed by atoms with van der Waals surface area (Å²) in [6.07, 6.45) is -5.81. The molecular formula is C27H42N4O8. The van der Waals surface area contributed by atoms with Gasteiger partial charge >= 0.3 is 0 Å². The molecule has 2 heterocycles. The van der Waals surface area contributed by atoms with Crippen LogP contribution in [0.25, 0.3) is 0 Å². The smallest absolute Gasteiger partial charge is 0.238 e. The third-order valence-corrected chi connectivity index (χ3v) is 6.97. The summed E-state index contributed by atoms with van der Waals surface area (Å²) >= 11 is 0. The van der Waals surface area contributed by atoms with Crippen LogP contribution in [0, 0.1) is 6.92 Å². The van der Waals surface area contributed by atoms with Crippen molar-refractivity contribution in [3.8, 4) is 11.6 Å². The van der Waals surface area contributed by atoms with E-state index < -0.39 is 48.8 Å². The first kappa shape index (κ1) is 30.8. The summed E-state index contributed by atoms with van der Waals surface area (Å²) in [7, 11) is 0. The molecular weight excluding hydrogens is 508 g/mol. The molecule has 1 fully saturated rings. The van der Waals surface area contributed by atoms with Gasteiger partial charge < -0.3 is 45.7 Å². The molecule has 12 heteroatoms. The fourth-order valence-corrected chi connectivity index (χ4v) is 4.28. The number of nitrogens with two attached hydrogens (primary N) is 1. The number of aryl methyl sites for hydroxylation is 1. The Bertz CT molecular complexity index is 1100. The van der Waals surface area contributed by atoms with Crippen LogP contribution < -0.4 is 20.5 Å². The number of amides is 1. The Morgan fingerprint density at radius 3 is 2.56 bits per heavy atom. The van der Waals surface area contributed by atoms with E-state index in [1.54, 1.807) is 13.8 Å². The van der Waals surface area contributed by atoms with E-state index in [2.05, 4.69) is 15.5 Å². The standard InChI is InChI=1S/C27H42N4O8/c1-14(2)20-18(24(31-30-20)39-25-23(35)22(34)21(33)19(13-32)38-25)12-16-7-8-17(11-15(16)3)37-10-6-9-29-27(4,5)26(28)36/h7-8,11,14,19,21-23,25,29,32-35H,6,9-10,12-13H2,1-5H3,(H2,28,36)(H,30,31)/t19?,21?,22?,23-,25?/m1/s1. The number of benzene rings is 1. The first-order valence-electron chi connectivity index (χ1n) is 13.2. The number of H-pyrrole nitrogens is 1. The molecule has 1 aliphatic heterocycles. The van der Waals surface area contributed by atoms with Crippen molar-refractivity contribution in [1.29, 1.82) is 0 Å². The van der Waals surface area contributed by atoms with Crippen LogP contribution in [-0.4, -0.2) is 92.5 Å². The van der Waals surface area contributed by atoms with Gasteiger partial charge in [0.25, 0.3) is 0 Å². The van der Waals surface area contributed by atoms with E-state index >= 15 is 0 Å². The predicted molar refractivity (Wildman–Crippen MR) is 142 cm³/mol. The summed E-state index contributed by atoms with van der Waals surface area (Å²) in [6.45, 7) is 9.99. The first-order valence-corrected chi connectivity index (χ1v) is 13.2. The number of carbonyl (C=O) groups is 1. The van der Waals surface area contributed by atoms with Gasteiger partial charge in [0.1, 0.15) is 30.2 Å². The number of aliphatic hydroxyl groups is 4. The van der Waals surface area contributed by atoms with Gasteiger partial charge in [0.2, 0.25) is 18.1 Å². The molecule has 1 aromatic carbocycles. The van der Waals surface area contributed by atoms with Crippen LogP contribution in [0.5, 0.6) is 11.6 Å². The lowest BCUT2D eigenvalue weighted by Crippen LogP contribution is -2.60. The minimum absolute atomic E-state index is 0.0933. The molecule has 4 unspecified atom stereocenters. The molecule has 1 amide bonds. The molecule has 1 aromatic heterocycles. The Hall–Kier alpha value is -2.74. The maximum Gasteiger partial charge on any atom is 0.238 e. The van der Waals surface area contributed by atoms with E-state index in [0.29, 0.717) is 26.0 Å². The van der Waals surface area contributed by atoms with E-state index in [-0.39, 0.29) is 11.8 Å². The van der Waals surface area contributed by atoms with Gasteiger partial charge in [0.05, 0.1) is 18.8 Å². The van der Waals surface area contributed by atoms with Crippen LogP contribution >= 0.6 is 0 Å². The molecule has 5 atom stereocenters. The lowest BCUT2D eigenvalue weighted by molar-refractivity contribution is -0.278. The van der Waals surface area contributed by atoms with Crippen molar-refractivity contribution < 1.29 is 39.4 Å². The van der Waals surface area contributed by atoms with Crippen molar-refractivity contribution >= 4 is 5.91 Å². The highest BCUT2D eigenvalue weighted by Gasteiger charge is 2.45. The highest BCUT2D eigenvalue weighted by molar-refractivity contribution is 5.83. The second-order valence-electron chi connectivity index (χ2n) is 10.8. The van der Waals surface area contributed by atoms with Gasteiger partial charge in [-0.05, 0) is 62.9 Å². The number of ether oxygens (including phenoxy) is 3. The molecule has 218 valence electrons.